The summed E-state index contributed by atoms with van der Waals surface area (Å²) in [6.45, 7) is 4.49. The topological polar surface area (TPSA) is 0 Å². The zero-order valence-electron chi connectivity index (χ0n) is 30.4. The Kier molecular flexibility index (Phi) is 9.81. The van der Waals surface area contributed by atoms with Crippen molar-refractivity contribution in [3.8, 4) is 22.3 Å². The summed E-state index contributed by atoms with van der Waals surface area (Å²) in [4.78, 5) is 0. The van der Waals surface area contributed by atoms with Crippen molar-refractivity contribution in [2.24, 2.45) is 0 Å². The van der Waals surface area contributed by atoms with E-state index in [1.165, 1.54) is 114 Å². The number of aryl methyl sites for hydroxylation is 2. The van der Waals surface area contributed by atoms with Crippen LogP contribution in [0.2, 0.25) is 0 Å². The average Bonchev–Trinajstić information content (AvgIpc) is 3.21. The van der Waals surface area contributed by atoms with Crippen molar-refractivity contribution in [3.63, 3.8) is 0 Å². The summed E-state index contributed by atoms with van der Waals surface area (Å²) in [7, 11) is 0. The molecule has 0 bridgehead atoms. The first-order valence-corrected chi connectivity index (χ1v) is 19.1. The highest BCUT2D eigenvalue weighted by Crippen LogP contribution is 2.42. The van der Waals surface area contributed by atoms with Crippen molar-refractivity contribution < 1.29 is 0 Å². The van der Waals surface area contributed by atoms with Gasteiger partial charge in [-0.05, 0) is 114 Å². The second-order valence-corrected chi connectivity index (χ2v) is 14.2. The maximum absolute atomic E-state index is 2.32. The highest BCUT2D eigenvalue weighted by atomic mass is 14.2. The van der Waals surface area contributed by atoms with Crippen LogP contribution in [0, 0.1) is 0 Å². The first-order valence-electron chi connectivity index (χ1n) is 19.1. The van der Waals surface area contributed by atoms with Gasteiger partial charge in [0, 0.05) is 0 Å². The van der Waals surface area contributed by atoms with E-state index in [0.717, 1.165) is 12.8 Å². The Hall–Kier alpha value is -5.72. The quantitative estimate of drug-likeness (QED) is 0.0896. The van der Waals surface area contributed by atoms with Gasteiger partial charge in [-0.2, -0.15) is 0 Å². The van der Waals surface area contributed by atoms with E-state index in [9.17, 15) is 0 Å². The van der Waals surface area contributed by atoms with Crippen molar-refractivity contribution in [2.75, 3.05) is 0 Å². The highest BCUT2D eigenvalue weighted by Gasteiger charge is 2.15. The molecule has 0 fully saturated rings. The van der Waals surface area contributed by atoms with Gasteiger partial charge in [0.1, 0.15) is 0 Å². The molecule has 8 aromatic carbocycles. The van der Waals surface area contributed by atoms with E-state index in [2.05, 4.69) is 184 Å². The molecule has 0 aliphatic heterocycles. The Balaban J connectivity index is 1.05. The zero-order valence-corrected chi connectivity index (χ0v) is 30.4. The summed E-state index contributed by atoms with van der Waals surface area (Å²) in [6, 6.07) is 54.4. The second-order valence-electron chi connectivity index (χ2n) is 14.2. The van der Waals surface area contributed by atoms with E-state index >= 15 is 0 Å². The lowest BCUT2D eigenvalue weighted by atomic mass is 9.87. The van der Waals surface area contributed by atoms with Gasteiger partial charge in [0.2, 0.25) is 0 Å². The molecule has 0 N–H and O–H groups in total. The van der Waals surface area contributed by atoms with Crippen LogP contribution in [0.1, 0.15) is 72.9 Å². The molecule has 0 aromatic heterocycles. The van der Waals surface area contributed by atoms with E-state index in [1.807, 2.05) is 0 Å². The van der Waals surface area contributed by atoms with Gasteiger partial charge >= 0.3 is 0 Å². The lowest BCUT2D eigenvalue weighted by Gasteiger charge is -2.16. The summed E-state index contributed by atoms with van der Waals surface area (Å²) in [5.41, 5.74) is 12.8. The predicted molar refractivity (Wildman–Crippen MR) is 229 cm³/mol. The van der Waals surface area contributed by atoms with Gasteiger partial charge in [-0.15, -0.1) is 0 Å². The maximum Gasteiger partial charge on any atom is -0.00203 e. The molecule has 8 rings (SSSR count). The molecule has 0 unspecified atom stereocenters. The number of rotatable bonds is 12. The van der Waals surface area contributed by atoms with Gasteiger partial charge in [-0.3, -0.25) is 0 Å². The minimum absolute atomic E-state index is 1.16. The van der Waals surface area contributed by atoms with Crippen LogP contribution in [0.3, 0.4) is 0 Å². The summed E-state index contributed by atoms with van der Waals surface area (Å²) < 4.78 is 0. The molecular weight excluding hydrogens is 625 g/mol. The lowest BCUT2D eigenvalue weighted by Crippen LogP contribution is -1.89. The van der Waals surface area contributed by atoms with Crippen LogP contribution >= 0.6 is 0 Å². The van der Waals surface area contributed by atoms with E-state index in [-0.39, 0.29) is 0 Å². The van der Waals surface area contributed by atoms with Gasteiger partial charge in [-0.1, -0.05) is 197 Å². The molecule has 0 heterocycles. The van der Waals surface area contributed by atoms with E-state index in [4.69, 9.17) is 0 Å². The Labute approximate surface area is 309 Å². The number of benzene rings is 8. The molecule has 0 saturated heterocycles. The van der Waals surface area contributed by atoms with Crippen LogP contribution in [-0.4, -0.2) is 0 Å². The van der Waals surface area contributed by atoms with E-state index in [0.29, 0.717) is 0 Å². The first-order chi connectivity index (χ1) is 25.7. The van der Waals surface area contributed by atoms with Crippen molar-refractivity contribution in [2.45, 2.75) is 52.4 Å². The van der Waals surface area contributed by atoms with Gasteiger partial charge < -0.3 is 0 Å². The molecule has 0 aliphatic rings. The second kappa shape index (κ2) is 15.3. The molecular formula is C52H46. The van der Waals surface area contributed by atoms with Gasteiger partial charge in [0.15, 0.2) is 0 Å². The number of hydrogen-bond acceptors (Lipinski definition) is 0. The van der Waals surface area contributed by atoms with Crippen LogP contribution in [0.15, 0.2) is 146 Å². The Morgan fingerprint density at radius 1 is 0.346 bits per heavy atom. The van der Waals surface area contributed by atoms with Crippen LogP contribution in [0.5, 0.6) is 0 Å². The summed E-state index contributed by atoms with van der Waals surface area (Å²) in [6.07, 6.45) is 16.1. The zero-order chi connectivity index (χ0) is 35.3. The highest BCUT2D eigenvalue weighted by molar-refractivity contribution is 6.27. The molecule has 0 radical (unpaired) electrons. The van der Waals surface area contributed by atoms with Crippen molar-refractivity contribution in [3.05, 3.63) is 179 Å². The molecule has 0 spiro atoms. The van der Waals surface area contributed by atoms with Gasteiger partial charge in [0.05, 0.1) is 0 Å². The fraction of sp³-hybridized carbons (Fsp3) is 0.154. The first kappa shape index (κ1) is 33.4. The molecule has 254 valence electrons. The van der Waals surface area contributed by atoms with E-state index in [1.54, 1.807) is 0 Å². The Bertz CT molecular complexity index is 2290. The van der Waals surface area contributed by atoms with Crippen molar-refractivity contribution in [1.29, 1.82) is 0 Å². The average molecular weight is 671 g/mol. The van der Waals surface area contributed by atoms with E-state index < -0.39 is 0 Å². The third-order valence-corrected chi connectivity index (χ3v) is 10.6. The Morgan fingerprint density at radius 3 is 1.02 bits per heavy atom. The fourth-order valence-corrected chi connectivity index (χ4v) is 7.59. The lowest BCUT2D eigenvalue weighted by molar-refractivity contribution is 0.795. The third-order valence-electron chi connectivity index (χ3n) is 10.6. The fourth-order valence-electron chi connectivity index (χ4n) is 7.59. The smallest absolute Gasteiger partial charge is 0.00203 e. The molecule has 0 atom stereocenters. The van der Waals surface area contributed by atoms with Crippen LogP contribution in [-0.2, 0) is 12.8 Å². The van der Waals surface area contributed by atoms with Crippen molar-refractivity contribution in [1.82, 2.24) is 0 Å². The van der Waals surface area contributed by atoms with Crippen LogP contribution in [0.25, 0.3) is 78.9 Å². The minimum atomic E-state index is 1.16. The van der Waals surface area contributed by atoms with Crippen LogP contribution in [0.4, 0.5) is 0 Å². The predicted octanol–water partition coefficient (Wildman–Crippen LogP) is 14.9. The van der Waals surface area contributed by atoms with Gasteiger partial charge in [-0.25, -0.2) is 0 Å². The molecule has 0 nitrogen and oxygen atoms in total. The molecule has 0 aliphatic carbocycles. The maximum atomic E-state index is 2.32. The summed E-state index contributed by atoms with van der Waals surface area (Å²) >= 11 is 0. The molecule has 0 amide bonds. The normalized spacial score (nSPS) is 12.0. The third kappa shape index (κ3) is 7.07. The SMILES string of the molecule is CCCCc1ccc(/C=C/c2ccc(-c3ccc4ccc5c(-c6ccc(/C=C/c7ccc(CCCC)cc7)cc6)ccc6ccc3c4c65)cc2)cc1. The monoisotopic (exact) mass is 670 g/mol. The Morgan fingerprint density at radius 2 is 0.673 bits per heavy atom. The number of unbranched alkanes of at least 4 members (excludes halogenated alkanes) is 2. The molecule has 0 heteroatoms. The minimum Gasteiger partial charge on any atom is -0.0654 e. The van der Waals surface area contributed by atoms with Gasteiger partial charge in [0.25, 0.3) is 0 Å². The largest absolute Gasteiger partial charge is 0.0654 e. The summed E-state index contributed by atoms with van der Waals surface area (Å²) in [5, 5.41) is 7.87. The van der Waals surface area contributed by atoms with Crippen molar-refractivity contribution >= 4 is 56.6 Å². The summed E-state index contributed by atoms with van der Waals surface area (Å²) in [5.74, 6) is 0. The standard InChI is InChI=1S/C52H46/c1-3-5-7-37-9-13-39(14-10-37)17-19-41-21-25-43(26-22-41)47-33-29-45-32-36-50-48(34-30-46-31-35-49(47)51(45)52(46)50)44-27-23-42(24-28-44)20-18-40-15-11-38(12-16-40)8-6-4-2/h9-36H,3-8H2,1-2H3/b19-17+,20-18+. The molecule has 52 heavy (non-hydrogen) atoms. The number of hydrogen-bond donors (Lipinski definition) is 0. The molecule has 8 aromatic rings. The van der Waals surface area contributed by atoms with Crippen LogP contribution < -0.4 is 0 Å². The molecule has 0 saturated carbocycles.